The number of carbonyl (C=O) groups excluding carboxylic acids is 1. The number of amides is 1. The summed E-state index contributed by atoms with van der Waals surface area (Å²) >= 11 is 1.38. The molecule has 0 aliphatic heterocycles. The van der Waals surface area contributed by atoms with E-state index in [1.807, 2.05) is 30.3 Å². The molecule has 2 aromatic rings. The molecule has 102 valence electrons. The first kappa shape index (κ1) is 14.0. The normalized spacial score (nSPS) is 9.80. The molecule has 6 nitrogen and oxygen atoms in total. The molecule has 1 aromatic heterocycles. The second-order valence-corrected chi connectivity index (χ2v) is 4.80. The van der Waals surface area contributed by atoms with E-state index < -0.39 is 0 Å². The first-order valence-corrected chi connectivity index (χ1v) is 6.71. The van der Waals surface area contributed by atoms with Crippen molar-refractivity contribution in [2.75, 3.05) is 18.2 Å². The fourth-order valence-corrected chi connectivity index (χ4v) is 2.23. The molecule has 0 unspecified atom stereocenters. The zero-order chi connectivity index (χ0) is 14.4. The van der Waals surface area contributed by atoms with Gasteiger partial charge in [0, 0.05) is 4.90 Å². The first-order chi connectivity index (χ1) is 9.72. The minimum atomic E-state index is -0.221. The number of ether oxygens (including phenoxy) is 1. The molecule has 2 rings (SSSR count). The number of rotatable bonds is 5. The number of nitriles is 1. The van der Waals surface area contributed by atoms with Crippen molar-refractivity contribution in [2.45, 2.75) is 4.90 Å². The molecule has 0 saturated carbocycles. The van der Waals surface area contributed by atoms with Gasteiger partial charge in [-0.1, -0.05) is 6.07 Å². The predicted molar refractivity (Wildman–Crippen MR) is 75.7 cm³/mol. The maximum absolute atomic E-state index is 11.8. The van der Waals surface area contributed by atoms with Crippen molar-refractivity contribution in [1.82, 2.24) is 9.97 Å². The maximum atomic E-state index is 11.8. The van der Waals surface area contributed by atoms with E-state index >= 15 is 0 Å². The molecule has 0 fully saturated rings. The molecule has 7 heteroatoms. The van der Waals surface area contributed by atoms with Gasteiger partial charge in [0.05, 0.1) is 19.2 Å². The van der Waals surface area contributed by atoms with Crippen LogP contribution in [0.2, 0.25) is 0 Å². The third kappa shape index (κ3) is 3.52. The van der Waals surface area contributed by atoms with E-state index in [4.69, 9.17) is 10.00 Å². The summed E-state index contributed by atoms with van der Waals surface area (Å²) in [5.41, 5.74) is 0.240. The number of thioether (sulfide) groups is 1. The van der Waals surface area contributed by atoms with Crippen LogP contribution in [-0.4, -0.2) is 28.7 Å². The summed E-state index contributed by atoms with van der Waals surface area (Å²) in [5.74, 6) is 1.00. The molecule has 0 radical (unpaired) electrons. The number of nitrogens with zero attached hydrogens (tertiary/aromatic N) is 2. The van der Waals surface area contributed by atoms with Crippen LogP contribution in [0, 0.1) is 11.3 Å². The first-order valence-electron chi connectivity index (χ1n) is 5.73. The average Bonchev–Trinajstić information content (AvgIpc) is 2.92. The van der Waals surface area contributed by atoms with Gasteiger partial charge in [-0.05, 0) is 18.2 Å². The number of aromatic nitrogens is 2. The number of anilines is 1. The number of aromatic amines is 1. The second kappa shape index (κ2) is 6.63. The van der Waals surface area contributed by atoms with Gasteiger partial charge in [0.15, 0.2) is 11.5 Å². The quantitative estimate of drug-likeness (QED) is 0.821. The molecule has 0 aliphatic carbocycles. The smallest absolute Gasteiger partial charge is 0.235 e. The van der Waals surface area contributed by atoms with Crippen molar-refractivity contribution >= 4 is 23.5 Å². The minimum Gasteiger partial charge on any atom is -0.497 e. The van der Waals surface area contributed by atoms with E-state index in [0.29, 0.717) is 0 Å². The topological polar surface area (TPSA) is 90.8 Å². The van der Waals surface area contributed by atoms with Crippen LogP contribution in [0.3, 0.4) is 0 Å². The van der Waals surface area contributed by atoms with Gasteiger partial charge in [-0.15, -0.1) is 11.8 Å². The Hall–Kier alpha value is -2.46. The summed E-state index contributed by atoms with van der Waals surface area (Å²) in [6.07, 6.45) is 1.36. The van der Waals surface area contributed by atoms with Crippen molar-refractivity contribution in [1.29, 1.82) is 5.26 Å². The molecule has 1 aromatic carbocycles. The Morgan fingerprint density at radius 2 is 2.45 bits per heavy atom. The number of nitrogens with one attached hydrogen (secondary N) is 2. The predicted octanol–water partition coefficient (Wildman–Crippen LogP) is 2.02. The van der Waals surface area contributed by atoms with Crippen molar-refractivity contribution in [2.24, 2.45) is 0 Å². The fourth-order valence-electron chi connectivity index (χ4n) is 1.48. The highest BCUT2D eigenvalue weighted by molar-refractivity contribution is 8.00. The average molecular weight is 288 g/mol. The molecular formula is C13H12N4O2S. The third-order valence-corrected chi connectivity index (χ3v) is 3.41. The van der Waals surface area contributed by atoms with Gasteiger partial charge in [-0.25, -0.2) is 4.98 Å². The lowest BCUT2D eigenvalue weighted by atomic mass is 10.3. The largest absolute Gasteiger partial charge is 0.497 e. The molecule has 0 atom stereocenters. The Balaban J connectivity index is 1.91. The van der Waals surface area contributed by atoms with Crippen LogP contribution >= 0.6 is 11.8 Å². The van der Waals surface area contributed by atoms with Gasteiger partial charge in [-0.2, -0.15) is 5.26 Å². The molecule has 0 saturated heterocycles. The van der Waals surface area contributed by atoms with Gasteiger partial charge < -0.3 is 15.0 Å². The molecule has 2 N–H and O–H groups in total. The Morgan fingerprint density at radius 1 is 1.60 bits per heavy atom. The van der Waals surface area contributed by atoms with Crippen molar-refractivity contribution in [3.05, 3.63) is 36.3 Å². The van der Waals surface area contributed by atoms with Gasteiger partial charge in [0.25, 0.3) is 0 Å². The van der Waals surface area contributed by atoms with Crippen LogP contribution in [0.5, 0.6) is 5.75 Å². The van der Waals surface area contributed by atoms with E-state index in [1.54, 1.807) is 7.11 Å². The molecule has 0 aliphatic rings. The van der Waals surface area contributed by atoms with E-state index in [2.05, 4.69) is 15.3 Å². The molecular weight excluding hydrogens is 276 g/mol. The summed E-state index contributed by atoms with van der Waals surface area (Å²) < 4.78 is 5.11. The van der Waals surface area contributed by atoms with E-state index in [-0.39, 0.29) is 23.2 Å². The number of benzene rings is 1. The van der Waals surface area contributed by atoms with Crippen LogP contribution in [-0.2, 0) is 4.79 Å². The monoisotopic (exact) mass is 288 g/mol. The summed E-state index contributed by atoms with van der Waals surface area (Å²) in [5, 5.41) is 11.4. The summed E-state index contributed by atoms with van der Waals surface area (Å²) in [6, 6.07) is 9.37. The Morgan fingerprint density at radius 3 is 3.20 bits per heavy atom. The lowest BCUT2D eigenvalue weighted by Crippen LogP contribution is -2.15. The zero-order valence-corrected chi connectivity index (χ0v) is 11.5. The van der Waals surface area contributed by atoms with Gasteiger partial charge in [0.2, 0.25) is 5.91 Å². The molecule has 0 spiro atoms. The van der Waals surface area contributed by atoms with Crippen molar-refractivity contribution in [3.8, 4) is 11.8 Å². The summed E-state index contributed by atoms with van der Waals surface area (Å²) in [4.78, 5) is 19.2. The molecule has 20 heavy (non-hydrogen) atoms. The zero-order valence-electron chi connectivity index (χ0n) is 10.7. The maximum Gasteiger partial charge on any atom is 0.235 e. The highest BCUT2D eigenvalue weighted by Gasteiger charge is 2.09. The highest BCUT2D eigenvalue weighted by Crippen LogP contribution is 2.22. The summed E-state index contributed by atoms with van der Waals surface area (Å²) in [7, 11) is 1.59. The summed E-state index contributed by atoms with van der Waals surface area (Å²) in [6.45, 7) is 0. The minimum absolute atomic E-state index is 0.221. The van der Waals surface area contributed by atoms with Crippen LogP contribution < -0.4 is 10.1 Å². The fraction of sp³-hybridized carbons (Fsp3) is 0.154. The number of imidazole rings is 1. The van der Waals surface area contributed by atoms with Crippen LogP contribution in [0.25, 0.3) is 0 Å². The standard InChI is InChI=1S/C13H12N4O2S/c1-19-9-3-2-4-10(5-9)20-7-12(18)17-13-11(6-14)15-8-16-13/h2-5,8H,7H2,1H3,(H,15,16)(H,17,18). The number of carbonyl (C=O) groups is 1. The number of H-pyrrole nitrogens is 1. The second-order valence-electron chi connectivity index (χ2n) is 3.75. The van der Waals surface area contributed by atoms with E-state index in [0.717, 1.165) is 10.6 Å². The van der Waals surface area contributed by atoms with E-state index in [9.17, 15) is 4.79 Å². The molecule has 1 amide bonds. The number of hydrogen-bond acceptors (Lipinski definition) is 5. The Kier molecular flexibility index (Phi) is 4.63. The third-order valence-electron chi connectivity index (χ3n) is 2.42. The van der Waals surface area contributed by atoms with Crippen LogP contribution in [0.1, 0.15) is 5.69 Å². The van der Waals surface area contributed by atoms with Gasteiger partial charge in [0.1, 0.15) is 11.8 Å². The van der Waals surface area contributed by atoms with Crippen molar-refractivity contribution < 1.29 is 9.53 Å². The van der Waals surface area contributed by atoms with Crippen molar-refractivity contribution in [3.63, 3.8) is 0 Å². The van der Waals surface area contributed by atoms with Gasteiger partial charge in [-0.3, -0.25) is 4.79 Å². The highest BCUT2D eigenvalue weighted by atomic mass is 32.2. The number of methoxy groups -OCH3 is 1. The Bertz CT molecular complexity index is 648. The van der Waals surface area contributed by atoms with Gasteiger partial charge >= 0.3 is 0 Å². The van der Waals surface area contributed by atoms with E-state index in [1.165, 1.54) is 18.1 Å². The molecule has 1 heterocycles. The van der Waals surface area contributed by atoms with Crippen LogP contribution in [0.4, 0.5) is 5.82 Å². The lowest BCUT2D eigenvalue weighted by Gasteiger charge is -2.04. The number of hydrogen-bond donors (Lipinski definition) is 2. The van der Waals surface area contributed by atoms with Crippen LogP contribution in [0.15, 0.2) is 35.5 Å². The Labute approximate surface area is 120 Å². The molecule has 0 bridgehead atoms. The SMILES string of the molecule is COc1cccc(SCC(=O)Nc2nc[nH]c2C#N)c1. The lowest BCUT2D eigenvalue weighted by molar-refractivity contribution is -0.113.